The SMILES string of the molecule is COC(=O)c1cc(C(=O)OCC(=O)c2cc(C)n(-c3ccc4c(c3)OCCO4)c2C)cc([N+](=O)[O-])c1. The molecule has 0 fully saturated rings. The number of benzene rings is 2. The molecule has 186 valence electrons. The highest BCUT2D eigenvalue weighted by atomic mass is 16.6. The Morgan fingerprint density at radius 2 is 1.64 bits per heavy atom. The van der Waals surface area contributed by atoms with Gasteiger partial charge in [0.1, 0.15) is 13.2 Å². The second kappa shape index (κ2) is 9.90. The first-order valence-electron chi connectivity index (χ1n) is 10.9. The van der Waals surface area contributed by atoms with Crippen LogP contribution in [0, 0.1) is 24.0 Å². The Bertz CT molecular complexity index is 1390. The summed E-state index contributed by atoms with van der Waals surface area (Å²) in [4.78, 5) is 47.7. The molecule has 0 N–H and O–H groups in total. The molecular weight excluding hydrogens is 472 g/mol. The van der Waals surface area contributed by atoms with E-state index < -0.39 is 34.9 Å². The monoisotopic (exact) mass is 494 g/mol. The van der Waals surface area contributed by atoms with Gasteiger partial charge in [0, 0.05) is 40.8 Å². The maximum absolute atomic E-state index is 12.9. The van der Waals surface area contributed by atoms with Crippen LogP contribution in [0.4, 0.5) is 5.69 Å². The fourth-order valence-electron chi connectivity index (χ4n) is 3.98. The van der Waals surface area contributed by atoms with Crippen LogP contribution in [0.15, 0.2) is 42.5 Å². The fourth-order valence-corrected chi connectivity index (χ4v) is 3.98. The molecule has 1 aromatic heterocycles. The van der Waals surface area contributed by atoms with Gasteiger partial charge in [0.2, 0.25) is 5.78 Å². The number of non-ortho nitro benzene ring substituents is 1. The van der Waals surface area contributed by atoms with Gasteiger partial charge in [-0.2, -0.15) is 0 Å². The van der Waals surface area contributed by atoms with Gasteiger partial charge < -0.3 is 23.5 Å². The summed E-state index contributed by atoms with van der Waals surface area (Å²) in [6, 6.07) is 10.2. The maximum Gasteiger partial charge on any atom is 0.338 e. The summed E-state index contributed by atoms with van der Waals surface area (Å²) in [5.74, 6) is -1.05. The molecule has 0 atom stereocenters. The minimum atomic E-state index is -0.988. The molecule has 0 aliphatic carbocycles. The Kier molecular flexibility index (Phi) is 6.73. The number of hydrogen-bond donors (Lipinski definition) is 0. The van der Waals surface area contributed by atoms with Crippen molar-refractivity contribution < 1.29 is 38.3 Å². The molecule has 2 aromatic carbocycles. The molecule has 0 saturated carbocycles. The quantitative estimate of drug-likeness (QED) is 0.209. The number of ketones is 1. The number of methoxy groups -OCH3 is 1. The summed E-state index contributed by atoms with van der Waals surface area (Å²) in [5.41, 5.74) is 1.61. The van der Waals surface area contributed by atoms with Crippen LogP contribution in [0.2, 0.25) is 0 Å². The van der Waals surface area contributed by atoms with E-state index in [9.17, 15) is 24.5 Å². The molecule has 0 saturated heterocycles. The van der Waals surface area contributed by atoms with E-state index in [1.807, 2.05) is 23.6 Å². The van der Waals surface area contributed by atoms with E-state index in [0.29, 0.717) is 36.0 Å². The predicted molar refractivity (Wildman–Crippen MR) is 125 cm³/mol. The van der Waals surface area contributed by atoms with Crippen molar-refractivity contribution in [2.45, 2.75) is 13.8 Å². The van der Waals surface area contributed by atoms with Gasteiger partial charge in [-0.3, -0.25) is 14.9 Å². The number of rotatable bonds is 7. The lowest BCUT2D eigenvalue weighted by atomic mass is 10.1. The van der Waals surface area contributed by atoms with Gasteiger partial charge in [0.15, 0.2) is 18.1 Å². The summed E-state index contributed by atoms with van der Waals surface area (Å²) in [6.45, 7) is 3.93. The number of ether oxygens (including phenoxy) is 4. The number of carbonyl (C=O) groups is 3. The first-order chi connectivity index (χ1) is 17.2. The van der Waals surface area contributed by atoms with E-state index >= 15 is 0 Å². The average Bonchev–Trinajstić information content (AvgIpc) is 3.19. The van der Waals surface area contributed by atoms with Gasteiger partial charge in [-0.05, 0) is 38.1 Å². The molecule has 36 heavy (non-hydrogen) atoms. The highest BCUT2D eigenvalue weighted by Gasteiger charge is 2.22. The molecule has 1 aliphatic rings. The van der Waals surface area contributed by atoms with Gasteiger partial charge in [0.25, 0.3) is 5.69 Å². The summed E-state index contributed by atoms with van der Waals surface area (Å²) >= 11 is 0. The maximum atomic E-state index is 12.9. The van der Waals surface area contributed by atoms with Gasteiger partial charge in [-0.25, -0.2) is 9.59 Å². The van der Waals surface area contributed by atoms with Crippen molar-refractivity contribution in [2.24, 2.45) is 0 Å². The van der Waals surface area contributed by atoms with Crippen LogP contribution in [-0.2, 0) is 9.47 Å². The topological polar surface area (TPSA) is 136 Å². The molecule has 0 unspecified atom stereocenters. The van der Waals surface area contributed by atoms with Crippen LogP contribution in [-0.4, -0.2) is 54.1 Å². The van der Waals surface area contributed by atoms with Crippen molar-refractivity contribution in [3.05, 3.63) is 80.7 Å². The Balaban J connectivity index is 1.53. The molecule has 0 bridgehead atoms. The minimum Gasteiger partial charge on any atom is -0.486 e. The average molecular weight is 494 g/mol. The third-order valence-electron chi connectivity index (χ3n) is 5.64. The Hall–Kier alpha value is -4.67. The smallest absolute Gasteiger partial charge is 0.338 e. The van der Waals surface area contributed by atoms with Gasteiger partial charge in [0.05, 0.1) is 23.2 Å². The highest BCUT2D eigenvalue weighted by Crippen LogP contribution is 2.33. The number of aryl methyl sites for hydroxylation is 1. The van der Waals surface area contributed by atoms with Crippen molar-refractivity contribution in [2.75, 3.05) is 26.9 Å². The Morgan fingerprint density at radius 1 is 0.972 bits per heavy atom. The van der Waals surface area contributed by atoms with Crippen LogP contribution in [0.25, 0.3) is 5.69 Å². The predicted octanol–water partition coefficient (Wildman–Crippen LogP) is 3.60. The van der Waals surface area contributed by atoms with Crippen LogP contribution in [0.1, 0.15) is 42.5 Å². The lowest BCUT2D eigenvalue weighted by Crippen LogP contribution is -2.16. The van der Waals surface area contributed by atoms with E-state index in [4.69, 9.17) is 14.2 Å². The van der Waals surface area contributed by atoms with Gasteiger partial charge in [-0.15, -0.1) is 0 Å². The number of nitro benzene ring substituents is 1. The zero-order valence-electron chi connectivity index (χ0n) is 19.7. The molecule has 0 amide bonds. The zero-order valence-corrected chi connectivity index (χ0v) is 19.7. The fraction of sp³-hybridized carbons (Fsp3) is 0.240. The van der Waals surface area contributed by atoms with Crippen LogP contribution in [0.3, 0.4) is 0 Å². The molecule has 1 aliphatic heterocycles. The molecule has 11 nitrogen and oxygen atoms in total. The standard InChI is InChI=1S/C25H22N2O9/c1-14-8-20(15(2)26(14)18-4-5-22-23(12-18)35-7-6-34-22)21(28)13-36-25(30)17-9-16(24(29)33-3)10-19(11-17)27(31)32/h4-5,8-12H,6-7,13H2,1-3H3. The number of aromatic nitrogens is 1. The summed E-state index contributed by atoms with van der Waals surface area (Å²) in [5, 5.41) is 11.2. The molecular formula is C25H22N2O9. The summed E-state index contributed by atoms with van der Waals surface area (Å²) in [7, 11) is 1.11. The van der Waals surface area contributed by atoms with E-state index in [1.54, 1.807) is 19.1 Å². The van der Waals surface area contributed by atoms with Gasteiger partial charge in [-0.1, -0.05) is 0 Å². The normalized spacial score (nSPS) is 12.1. The molecule has 2 heterocycles. The Labute approximate surface area is 205 Å². The van der Waals surface area contributed by atoms with Crippen molar-refractivity contribution in [3.63, 3.8) is 0 Å². The number of Topliss-reactive ketones (excluding diaryl/α,β-unsaturated/α-hetero) is 1. The lowest BCUT2D eigenvalue weighted by Gasteiger charge is -2.20. The molecule has 0 spiro atoms. The van der Waals surface area contributed by atoms with Crippen molar-refractivity contribution in [3.8, 4) is 17.2 Å². The van der Waals surface area contributed by atoms with Crippen molar-refractivity contribution in [1.82, 2.24) is 4.57 Å². The van der Waals surface area contributed by atoms with Crippen LogP contribution < -0.4 is 9.47 Å². The number of fused-ring (bicyclic) bond motifs is 1. The summed E-state index contributed by atoms with van der Waals surface area (Å²) < 4.78 is 22.8. The first-order valence-corrected chi connectivity index (χ1v) is 10.9. The second-order valence-corrected chi connectivity index (χ2v) is 7.96. The molecule has 0 radical (unpaired) electrons. The van der Waals surface area contributed by atoms with Crippen LogP contribution >= 0.6 is 0 Å². The van der Waals surface area contributed by atoms with Crippen LogP contribution in [0.5, 0.6) is 11.5 Å². The number of hydrogen-bond acceptors (Lipinski definition) is 9. The third-order valence-corrected chi connectivity index (χ3v) is 5.64. The van der Waals surface area contributed by atoms with Gasteiger partial charge >= 0.3 is 11.9 Å². The number of nitrogens with zero attached hydrogens (tertiary/aromatic N) is 2. The molecule has 4 rings (SSSR count). The zero-order chi connectivity index (χ0) is 26.0. The first kappa shape index (κ1) is 24.5. The summed E-state index contributed by atoms with van der Waals surface area (Å²) in [6.07, 6.45) is 0. The van der Waals surface area contributed by atoms with E-state index in [2.05, 4.69) is 4.74 Å². The Morgan fingerprint density at radius 3 is 2.31 bits per heavy atom. The largest absolute Gasteiger partial charge is 0.486 e. The number of esters is 2. The van der Waals surface area contributed by atoms with E-state index in [1.165, 1.54) is 0 Å². The number of carbonyl (C=O) groups excluding carboxylic acids is 3. The number of nitro groups is 1. The molecule has 3 aromatic rings. The highest BCUT2D eigenvalue weighted by molar-refractivity contribution is 6.01. The molecule has 11 heteroatoms. The third kappa shape index (κ3) is 4.76. The van der Waals surface area contributed by atoms with Crippen molar-refractivity contribution in [1.29, 1.82) is 0 Å². The lowest BCUT2D eigenvalue weighted by molar-refractivity contribution is -0.384. The van der Waals surface area contributed by atoms with Crippen molar-refractivity contribution >= 4 is 23.4 Å². The van der Waals surface area contributed by atoms with E-state index in [-0.39, 0.29) is 11.1 Å². The minimum absolute atomic E-state index is 0.187. The second-order valence-electron chi connectivity index (χ2n) is 7.96. The van der Waals surface area contributed by atoms with E-state index in [0.717, 1.165) is 36.7 Å².